The summed E-state index contributed by atoms with van der Waals surface area (Å²) in [7, 11) is -2.17. The third kappa shape index (κ3) is 3.49. The molecule has 0 radical (unpaired) electrons. The van der Waals surface area contributed by atoms with Gasteiger partial charge in [-0.3, -0.25) is 0 Å². The van der Waals surface area contributed by atoms with Crippen LogP contribution in [0.25, 0.3) is 0 Å². The smallest absolute Gasteiger partial charge is 0.240 e. The molecule has 0 aliphatic rings. The summed E-state index contributed by atoms with van der Waals surface area (Å²) in [5.74, 6) is 0. The van der Waals surface area contributed by atoms with E-state index in [-0.39, 0.29) is 4.90 Å². The van der Waals surface area contributed by atoms with Crippen molar-refractivity contribution < 1.29 is 8.42 Å². The highest BCUT2D eigenvalue weighted by atomic mass is 79.9. The Kier molecular flexibility index (Phi) is 4.77. The summed E-state index contributed by atoms with van der Waals surface area (Å²) in [4.78, 5) is 0.109. The van der Waals surface area contributed by atoms with Crippen molar-refractivity contribution in [2.45, 2.75) is 4.90 Å². The van der Waals surface area contributed by atoms with Gasteiger partial charge in [-0.15, -0.1) is 0 Å². The minimum absolute atomic E-state index is 0.109. The number of sulfonamides is 1. The zero-order valence-corrected chi connectivity index (χ0v) is 14.2. The average molecular weight is 391 g/mol. The van der Waals surface area contributed by atoms with Crippen LogP contribution in [0.3, 0.4) is 0 Å². The molecule has 0 saturated carbocycles. The summed E-state index contributed by atoms with van der Waals surface area (Å²) in [6, 6.07) is 9.85. The van der Waals surface area contributed by atoms with Gasteiger partial charge in [-0.05, 0) is 53.3 Å². The topological polar surface area (TPSA) is 84.2 Å². The van der Waals surface area contributed by atoms with Crippen molar-refractivity contribution in [3.63, 3.8) is 0 Å². The van der Waals surface area contributed by atoms with E-state index in [1.165, 1.54) is 19.2 Å². The standard InChI is InChI=1S/C13H13BrClN3O2S/c1-17-21(19,20)8-5-6-11(10(16)7-8)18-12-4-2-3-9(15)13(12)14/h2-7,17-18H,16H2,1H3. The van der Waals surface area contributed by atoms with Crippen LogP contribution in [-0.2, 0) is 10.0 Å². The van der Waals surface area contributed by atoms with Crippen LogP contribution in [0.5, 0.6) is 0 Å². The highest BCUT2D eigenvalue weighted by Crippen LogP contribution is 2.34. The summed E-state index contributed by atoms with van der Waals surface area (Å²) < 4.78 is 26.4. The van der Waals surface area contributed by atoms with Crippen molar-refractivity contribution in [2.75, 3.05) is 18.1 Å². The van der Waals surface area contributed by atoms with Crippen molar-refractivity contribution in [2.24, 2.45) is 0 Å². The summed E-state index contributed by atoms with van der Waals surface area (Å²) >= 11 is 9.40. The van der Waals surface area contributed by atoms with E-state index >= 15 is 0 Å². The lowest BCUT2D eigenvalue weighted by molar-refractivity contribution is 0.588. The van der Waals surface area contributed by atoms with E-state index in [0.29, 0.717) is 20.9 Å². The first kappa shape index (κ1) is 16.1. The van der Waals surface area contributed by atoms with Gasteiger partial charge in [0.05, 0.1) is 31.5 Å². The minimum Gasteiger partial charge on any atom is -0.397 e. The van der Waals surface area contributed by atoms with Crippen LogP contribution in [-0.4, -0.2) is 15.5 Å². The third-order valence-corrected chi connectivity index (χ3v) is 5.63. The second-order valence-electron chi connectivity index (χ2n) is 4.18. The molecule has 0 unspecified atom stereocenters. The van der Waals surface area contributed by atoms with E-state index in [1.807, 2.05) is 6.07 Å². The van der Waals surface area contributed by atoms with Crippen molar-refractivity contribution >= 4 is 54.6 Å². The first-order chi connectivity index (χ1) is 9.85. The molecule has 8 heteroatoms. The Morgan fingerprint density at radius 1 is 1.19 bits per heavy atom. The molecule has 5 nitrogen and oxygen atoms in total. The van der Waals surface area contributed by atoms with Gasteiger partial charge in [-0.2, -0.15) is 0 Å². The van der Waals surface area contributed by atoms with Crippen molar-refractivity contribution in [1.29, 1.82) is 0 Å². The Balaban J connectivity index is 2.37. The maximum absolute atomic E-state index is 11.7. The summed E-state index contributed by atoms with van der Waals surface area (Å²) in [5, 5.41) is 3.67. The number of halogens is 2. The highest BCUT2D eigenvalue weighted by molar-refractivity contribution is 9.10. The van der Waals surface area contributed by atoms with Gasteiger partial charge >= 0.3 is 0 Å². The quantitative estimate of drug-likeness (QED) is 0.699. The summed E-state index contributed by atoms with van der Waals surface area (Å²) in [5.41, 5.74) is 7.55. The van der Waals surface area contributed by atoms with Crippen LogP contribution in [0.1, 0.15) is 0 Å². The first-order valence-corrected chi connectivity index (χ1v) is 8.54. The van der Waals surface area contributed by atoms with Gasteiger partial charge in [0.1, 0.15) is 0 Å². The first-order valence-electron chi connectivity index (χ1n) is 5.89. The largest absolute Gasteiger partial charge is 0.397 e. The van der Waals surface area contributed by atoms with Gasteiger partial charge in [0.2, 0.25) is 10.0 Å². The second kappa shape index (κ2) is 6.23. The monoisotopic (exact) mass is 389 g/mol. The minimum atomic E-state index is -3.51. The number of anilines is 3. The number of hydrogen-bond donors (Lipinski definition) is 3. The molecule has 0 saturated heterocycles. The van der Waals surface area contributed by atoms with Crippen LogP contribution in [0, 0.1) is 0 Å². The van der Waals surface area contributed by atoms with E-state index < -0.39 is 10.0 Å². The molecule has 0 aromatic heterocycles. The molecule has 2 aromatic carbocycles. The van der Waals surface area contributed by atoms with Crippen LogP contribution >= 0.6 is 27.5 Å². The van der Waals surface area contributed by atoms with Crippen molar-refractivity contribution in [3.8, 4) is 0 Å². The molecule has 0 fully saturated rings. The normalized spacial score (nSPS) is 11.4. The van der Waals surface area contributed by atoms with Gasteiger partial charge in [0, 0.05) is 0 Å². The molecule has 2 aromatic rings. The molecule has 0 spiro atoms. The number of nitrogens with two attached hydrogens (primary N) is 1. The van der Waals surface area contributed by atoms with E-state index in [2.05, 4.69) is 26.0 Å². The van der Waals surface area contributed by atoms with Crippen LogP contribution in [0.15, 0.2) is 45.8 Å². The molecule has 0 heterocycles. The van der Waals surface area contributed by atoms with E-state index in [9.17, 15) is 8.42 Å². The fourth-order valence-corrected chi connectivity index (χ4v) is 2.99. The molecule has 112 valence electrons. The second-order valence-corrected chi connectivity index (χ2v) is 7.27. The molecule has 0 bridgehead atoms. The predicted molar refractivity (Wildman–Crippen MR) is 89.5 cm³/mol. The number of hydrogen-bond acceptors (Lipinski definition) is 4. The Morgan fingerprint density at radius 2 is 1.90 bits per heavy atom. The highest BCUT2D eigenvalue weighted by Gasteiger charge is 2.13. The molecule has 0 aliphatic heterocycles. The van der Waals surface area contributed by atoms with Gasteiger partial charge in [-0.1, -0.05) is 17.7 Å². The molecule has 21 heavy (non-hydrogen) atoms. The lowest BCUT2D eigenvalue weighted by atomic mass is 10.2. The molecule has 0 aliphatic carbocycles. The summed E-state index contributed by atoms with van der Waals surface area (Å²) in [6.07, 6.45) is 0. The number of nitrogens with one attached hydrogen (secondary N) is 2. The molecule has 0 amide bonds. The van der Waals surface area contributed by atoms with Gasteiger partial charge in [0.25, 0.3) is 0 Å². The Bertz CT molecular complexity index is 781. The predicted octanol–water partition coefficient (Wildman–Crippen LogP) is 3.34. The Labute approximate surface area is 136 Å². The fraction of sp³-hybridized carbons (Fsp3) is 0.0769. The van der Waals surface area contributed by atoms with Crippen LogP contribution in [0.4, 0.5) is 17.1 Å². The van der Waals surface area contributed by atoms with Crippen LogP contribution < -0.4 is 15.8 Å². The zero-order valence-electron chi connectivity index (χ0n) is 11.0. The number of nitrogen functional groups attached to an aromatic ring is 1. The number of rotatable bonds is 4. The fourth-order valence-electron chi connectivity index (χ4n) is 1.69. The molecular formula is C13H13BrClN3O2S. The lowest BCUT2D eigenvalue weighted by Gasteiger charge is -2.13. The molecule has 0 atom stereocenters. The Morgan fingerprint density at radius 3 is 2.52 bits per heavy atom. The maximum atomic E-state index is 11.7. The average Bonchev–Trinajstić information content (AvgIpc) is 2.45. The Hall–Kier alpha value is -1.28. The molecule has 2 rings (SSSR count). The maximum Gasteiger partial charge on any atom is 0.240 e. The van der Waals surface area contributed by atoms with E-state index in [0.717, 1.165) is 5.69 Å². The molecule has 4 N–H and O–H groups in total. The van der Waals surface area contributed by atoms with Crippen molar-refractivity contribution in [1.82, 2.24) is 4.72 Å². The lowest BCUT2D eigenvalue weighted by Crippen LogP contribution is -2.18. The van der Waals surface area contributed by atoms with Crippen molar-refractivity contribution in [3.05, 3.63) is 45.9 Å². The zero-order chi connectivity index (χ0) is 15.6. The van der Waals surface area contributed by atoms with Gasteiger partial charge in [0.15, 0.2) is 0 Å². The number of benzene rings is 2. The molecular weight excluding hydrogens is 378 g/mol. The third-order valence-electron chi connectivity index (χ3n) is 2.82. The summed E-state index contributed by atoms with van der Waals surface area (Å²) in [6.45, 7) is 0. The van der Waals surface area contributed by atoms with E-state index in [1.54, 1.807) is 18.2 Å². The van der Waals surface area contributed by atoms with Gasteiger partial charge < -0.3 is 11.1 Å². The van der Waals surface area contributed by atoms with Gasteiger partial charge in [-0.25, -0.2) is 13.1 Å². The van der Waals surface area contributed by atoms with Crippen LogP contribution in [0.2, 0.25) is 5.02 Å². The van der Waals surface area contributed by atoms with E-state index in [4.69, 9.17) is 17.3 Å². The SMILES string of the molecule is CNS(=O)(=O)c1ccc(Nc2cccc(Cl)c2Br)c(N)c1.